The SMILES string of the molecule is [B]c1ccc(S(=O)(=O)Nc2ccc(Cl)c(O[C@@H]3CCN(C)C3)c2)c(CC)c1. The van der Waals surface area contributed by atoms with Crippen LogP contribution in [0.4, 0.5) is 5.69 Å². The van der Waals surface area contributed by atoms with Crippen LogP contribution in [0.2, 0.25) is 5.02 Å². The number of ether oxygens (including phenoxy) is 1. The highest BCUT2D eigenvalue weighted by Gasteiger charge is 2.23. The second-order valence-corrected chi connectivity index (χ2v) is 8.82. The summed E-state index contributed by atoms with van der Waals surface area (Å²) in [6.45, 7) is 3.67. The van der Waals surface area contributed by atoms with Gasteiger partial charge < -0.3 is 9.64 Å². The zero-order valence-electron chi connectivity index (χ0n) is 15.4. The van der Waals surface area contributed by atoms with Gasteiger partial charge in [-0.05, 0) is 43.7 Å². The minimum absolute atomic E-state index is 0.0446. The molecule has 0 spiro atoms. The van der Waals surface area contributed by atoms with Crippen LogP contribution in [0.25, 0.3) is 0 Å². The fraction of sp³-hybridized carbons (Fsp3) is 0.368. The quantitative estimate of drug-likeness (QED) is 0.752. The molecule has 0 aromatic heterocycles. The molecule has 1 aliphatic heterocycles. The lowest BCUT2D eigenvalue weighted by Crippen LogP contribution is -2.21. The predicted molar refractivity (Wildman–Crippen MR) is 110 cm³/mol. The highest BCUT2D eigenvalue weighted by Crippen LogP contribution is 2.31. The number of benzene rings is 2. The number of nitrogens with one attached hydrogen (secondary N) is 1. The van der Waals surface area contributed by atoms with Crippen molar-refractivity contribution in [3.8, 4) is 5.75 Å². The average Bonchev–Trinajstić information content (AvgIpc) is 3.02. The molecule has 2 aromatic carbocycles. The molecule has 27 heavy (non-hydrogen) atoms. The van der Waals surface area contributed by atoms with E-state index in [1.165, 1.54) is 6.07 Å². The molecule has 1 N–H and O–H groups in total. The number of nitrogens with zero attached hydrogens (tertiary/aromatic N) is 1. The third-order valence-corrected chi connectivity index (χ3v) is 6.37. The first-order valence-corrected chi connectivity index (χ1v) is 10.7. The molecule has 5 nitrogen and oxygen atoms in total. The maximum Gasteiger partial charge on any atom is 0.262 e. The lowest BCUT2D eigenvalue weighted by molar-refractivity contribution is 0.208. The first-order chi connectivity index (χ1) is 12.8. The van der Waals surface area contributed by atoms with E-state index >= 15 is 0 Å². The zero-order valence-corrected chi connectivity index (χ0v) is 17.0. The molecule has 0 bridgehead atoms. The van der Waals surface area contributed by atoms with Crippen molar-refractivity contribution < 1.29 is 13.2 Å². The molecule has 1 saturated heterocycles. The molecular weight excluding hydrogens is 383 g/mol. The van der Waals surface area contributed by atoms with Crippen molar-refractivity contribution in [2.75, 3.05) is 24.9 Å². The summed E-state index contributed by atoms with van der Waals surface area (Å²) in [7, 11) is 4.06. The first-order valence-electron chi connectivity index (χ1n) is 8.84. The van der Waals surface area contributed by atoms with Crippen LogP contribution in [0.15, 0.2) is 41.3 Å². The topological polar surface area (TPSA) is 58.6 Å². The summed E-state index contributed by atoms with van der Waals surface area (Å²) in [5, 5.41) is 0.453. The van der Waals surface area contributed by atoms with Gasteiger partial charge in [0.25, 0.3) is 10.0 Å². The van der Waals surface area contributed by atoms with E-state index in [1.54, 1.807) is 30.3 Å². The molecule has 1 heterocycles. The fourth-order valence-electron chi connectivity index (χ4n) is 3.18. The Morgan fingerprint density at radius 2 is 2.07 bits per heavy atom. The lowest BCUT2D eigenvalue weighted by atomic mass is 9.94. The van der Waals surface area contributed by atoms with Crippen molar-refractivity contribution in [2.45, 2.75) is 30.8 Å². The van der Waals surface area contributed by atoms with Crippen molar-refractivity contribution in [3.63, 3.8) is 0 Å². The van der Waals surface area contributed by atoms with E-state index in [0.717, 1.165) is 19.5 Å². The van der Waals surface area contributed by atoms with Gasteiger partial charge in [-0.25, -0.2) is 8.42 Å². The highest BCUT2D eigenvalue weighted by atomic mass is 35.5. The summed E-state index contributed by atoms with van der Waals surface area (Å²) in [5.41, 5.74) is 1.61. The molecule has 2 radical (unpaired) electrons. The number of halogens is 1. The van der Waals surface area contributed by atoms with Crippen LogP contribution >= 0.6 is 11.6 Å². The molecule has 0 aliphatic carbocycles. The molecule has 0 unspecified atom stereocenters. The van der Waals surface area contributed by atoms with Gasteiger partial charge in [0.15, 0.2) is 0 Å². The number of likely N-dealkylation sites (tertiary alicyclic amines) is 1. The van der Waals surface area contributed by atoms with Gasteiger partial charge in [-0.3, -0.25) is 4.72 Å². The van der Waals surface area contributed by atoms with Crippen molar-refractivity contribution in [1.29, 1.82) is 0 Å². The van der Waals surface area contributed by atoms with Crippen molar-refractivity contribution in [3.05, 3.63) is 47.0 Å². The molecule has 1 fully saturated rings. The van der Waals surface area contributed by atoms with Crippen LogP contribution in [0.1, 0.15) is 18.9 Å². The summed E-state index contributed by atoms with van der Waals surface area (Å²) >= 11 is 6.23. The Hall–Kier alpha value is -1.70. The summed E-state index contributed by atoms with van der Waals surface area (Å²) in [5.74, 6) is 0.477. The van der Waals surface area contributed by atoms with Gasteiger partial charge in [0.05, 0.1) is 15.6 Å². The van der Waals surface area contributed by atoms with E-state index in [2.05, 4.69) is 9.62 Å². The van der Waals surface area contributed by atoms with Gasteiger partial charge >= 0.3 is 0 Å². The van der Waals surface area contributed by atoms with Crippen molar-refractivity contribution in [2.24, 2.45) is 0 Å². The molecule has 8 heteroatoms. The van der Waals surface area contributed by atoms with Gasteiger partial charge in [-0.2, -0.15) is 0 Å². The van der Waals surface area contributed by atoms with E-state index in [1.807, 2.05) is 14.0 Å². The summed E-state index contributed by atoms with van der Waals surface area (Å²) < 4.78 is 34.3. The van der Waals surface area contributed by atoms with Gasteiger partial charge in [0.1, 0.15) is 19.7 Å². The number of anilines is 1. The van der Waals surface area contributed by atoms with E-state index in [4.69, 9.17) is 24.2 Å². The second-order valence-electron chi connectivity index (χ2n) is 6.76. The van der Waals surface area contributed by atoms with Crippen LogP contribution in [0.5, 0.6) is 5.75 Å². The van der Waals surface area contributed by atoms with Crippen molar-refractivity contribution >= 4 is 40.6 Å². The molecule has 3 rings (SSSR count). The third-order valence-electron chi connectivity index (χ3n) is 4.58. The molecule has 0 saturated carbocycles. The van der Waals surface area contributed by atoms with E-state index in [-0.39, 0.29) is 11.0 Å². The maximum absolute atomic E-state index is 12.8. The van der Waals surface area contributed by atoms with E-state index < -0.39 is 10.0 Å². The molecular formula is C19H22BClN2O3S. The Morgan fingerprint density at radius 3 is 2.74 bits per heavy atom. The fourth-order valence-corrected chi connectivity index (χ4v) is 4.68. The zero-order chi connectivity index (χ0) is 19.6. The summed E-state index contributed by atoms with van der Waals surface area (Å²) in [6, 6.07) is 9.68. The number of rotatable bonds is 6. The van der Waals surface area contributed by atoms with Gasteiger partial charge in [-0.1, -0.05) is 36.1 Å². The predicted octanol–water partition coefficient (Wildman–Crippen LogP) is 2.58. The Morgan fingerprint density at radius 1 is 1.30 bits per heavy atom. The molecule has 2 aromatic rings. The van der Waals surface area contributed by atoms with E-state index in [0.29, 0.717) is 33.9 Å². The highest BCUT2D eigenvalue weighted by molar-refractivity contribution is 7.92. The standard InChI is InChI=1S/C19H22BClN2O3S/c1-3-13-10-14(20)4-7-19(13)27(24,25)22-15-5-6-17(21)18(11-15)26-16-8-9-23(2)12-16/h4-7,10-11,16,22H,3,8-9,12H2,1-2H3/t16-/m1/s1. The van der Waals surface area contributed by atoms with Crippen LogP contribution in [0, 0.1) is 0 Å². The van der Waals surface area contributed by atoms with Crippen molar-refractivity contribution in [1.82, 2.24) is 4.90 Å². The summed E-state index contributed by atoms with van der Waals surface area (Å²) in [4.78, 5) is 2.40. The smallest absolute Gasteiger partial charge is 0.262 e. The maximum atomic E-state index is 12.8. The lowest BCUT2D eigenvalue weighted by Gasteiger charge is -2.17. The molecule has 0 amide bonds. The normalized spacial score (nSPS) is 17.8. The van der Waals surface area contributed by atoms with Gasteiger partial charge in [0, 0.05) is 19.2 Å². The molecule has 142 valence electrons. The first kappa shape index (κ1) is 20.0. The molecule has 1 atom stereocenters. The monoisotopic (exact) mass is 404 g/mol. The third kappa shape index (κ3) is 4.78. The summed E-state index contributed by atoms with van der Waals surface area (Å²) in [6.07, 6.45) is 1.52. The molecule has 1 aliphatic rings. The van der Waals surface area contributed by atoms with Crippen LogP contribution < -0.4 is 14.9 Å². The average molecular weight is 405 g/mol. The second kappa shape index (κ2) is 8.13. The van der Waals surface area contributed by atoms with E-state index in [9.17, 15) is 8.42 Å². The largest absolute Gasteiger partial charge is 0.487 e. The minimum Gasteiger partial charge on any atom is -0.487 e. The van der Waals surface area contributed by atoms with Gasteiger partial charge in [0.2, 0.25) is 0 Å². The number of hydrogen-bond acceptors (Lipinski definition) is 4. The van der Waals surface area contributed by atoms with Crippen LogP contribution in [-0.4, -0.2) is 47.4 Å². The number of hydrogen-bond donors (Lipinski definition) is 1. The minimum atomic E-state index is -3.75. The number of sulfonamides is 1. The Bertz CT molecular complexity index is 937. The van der Waals surface area contributed by atoms with Gasteiger partial charge in [-0.15, -0.1) is 0 Å². The Labute approximate surface area is 167 Å². The van der Waals surface area contributed by atoms with Crippen LogP contribution in [-0.2, 0) is 16.4 Å². The Balaban J connectivity index is 1.83. The Kier molecular flexibility index (Phi) is 6.03. The van der Waals surface area contributed by atoms with Crippen LogP contribution in [0.3, 0.4) is 0 Å². The number of likely N-dealkylation sites (N-methyl/N-ethyl adjacent to an activating group) is 1. The number of aryl methyl sites for hydroxylation is 1.